The molecule has 2 amide bonds. The Hall–Kier alpha value is -1.14. The predicted octanol–water partition coefficient (Wildman–Crippen LogP) is -1.29. The van der Waals surface area contributed by atoms with Gasteiger partial charge in [0.25, 0.3) is 0 Å². The number of nitrogens with one attached hydrogen (secondary N) is 2. The van der Waals surface area contributed by atoms with E-state index in [-0.39, 0.29) is 24.4 Å². The largest absolute Gasteiger partial charge is 0.378 e. The number of hydrogen-bond donors (Lipinski definition) is 2. The fourth-order valence-corrected chi connectivity index (χ4v) is 2.12. The van der Waals surface area contributed by atoms with Crippen LogP contribution in [0.5, 0.6) is 0 Å². The Labute approximate surface area is 101 Å². The highest BCUT2D eigenvalue weighted by atomic mass is 16.5. The van der Waals surface area contributed by atoms with Crippen LogP contribution in [0, 0.1) is 0 Å². The SMILES string of the molecule is O=C(NCC(=O)N1CCOCC1)C1CCCN1. The maximum atomic E-state index is 11.8. The second kappa shape index (κ2) is 5.97. The number of morpholine rings is 1. The monoisotopic (exact) mass is 241 g/mol. The summed E-state index contributed by atoms with van der Waals surface area (Å²) in [4.78, 5) is 25.1. The van der Waals surface area contributed by atoms with Gasteiger partial charge < -0.3 is 20.3 Å². The summed E-state index contributed by atoms with van der Waals surface area (Å²) in [6, 6.07) is -0.118. The molecule has 1 unspecified atom stereocenters. The number of rotatable bonds is 3. The van der Waals surface area contributed by atoms with Crippen molar-refractivity contribution < 1.29 is 14.3 Å². The number of nitrogens with zero attached hydrogens (tertiary/aromatic N) is 1. The van der Waals surface area contributed by atoms with Crippen LogP contribution in [0.2, 0.25) is 0 Å². The summed E-state index contributed by atoms with van der Waals surface area (Å²) in [7, 11) is 0. The van der Waals surface area contributed by atoms with Gasteiger partial charge in [0, 0.05) is 13.1 Å². The van der Waals surface area contributed by atoms with Crippen molar-refractivity contribution in [2.45, 2.75) is 18.9 Å². The molecule has 2 aliphatic heterocycles. The Balaban J connectivity index is 1.69. The summed E-state index contributed by atoms with van der Waals surface area (Å²) in [6.07, 6.45) is 1.88. The fourth-order valence-electron chi connectivity index (χ4n) is 2.12. The van der Waals surface area contributed by atoms with Crippen LogP contribution < -0.4 is 10.6 Å². The molecule has 6 heteroatoms. The minimum absolute atomic E-state index is 0.0281. The number of carbonyl (C=O) groups is 2. The molecule has 1 atom stereocenters. The first-order valence-electron chi connectivity index (χ1n) is 6.14. The second-order valence-electron chi connectivity index (χ2n) is 4.36. The van der Waals surface area contributed by atoms with Gasteiger partial charge in [-0.1, -0.05) is 0 Å². The van der Waals surface area contributed by atoms with Gasteiger partial charge in [-0.3, -0.25) is 9.59 Å². The molecule has 2 rings (SSSR count). The third kappa shape index (κ3) is 3.41. The standard InChI is InChI=1S/C11H19N3O3/c15-10(14-4-6-17-7-5-14)8-13-11(16)9-2-1-3-12-9/h9,12H,1-8H2,(H,13,16). The van der Waals surface area contributed by atoms with Gasteiger partial charge in [0.1, 0.15) is 0 Å². The van der Waals surface area contributed by atoms with Crippen molar-refractivity contribution in [2.24, 2.45) is 0 Å². The molecule has 0 aromatic heterocycles. The lowest BCUT2D eigenvalue weighted by molar-refractivity contribution is -0.136. The zero-order chi connectivity index (χ0) is 12.1. The molecule has 2 fully saturated rings. The van der Waals surface area contributed by atoms with E-state index in [1.807, 2.05) is 0 Å². The molecule has 96 valence electrons. The molecule has 0 bridgehead atoms. The predicted molar refractivity (Wildman–Crippen MR) is 61.4 cm³/mol. The topological polar surface area (TPSA) is 70.7 Å². The fraction of sp³-hybridized carbons (Fsp3) is 0.818. The molecule has 0 aliphatic carbocycles. The summed E-state index contributed by atoms with van der Waals surface area (Å²) in [5, 5.41) is 5.79. The van der Waals surface area contributed by atoms with Crippen LogP contribution >= 0.6 is 0 Å². The molecule has 0 aromatic carbocycles. The lowest BCUT2D eigenvalue weighted by Gasteiger charge is -2.27. The molecule has 0 saturated carbocycles. The van der Waals surface area contributed by atoms with Crippen molar-refractivity contribution in [3.05, 3.63) is 0 Å². The zero-order valence-electron chi connectivity index (χ0n) is 9.91. The van der Waals surface area contributed by atoms with Crippen molar-refractivity contribution in [2.75, 3.05) is 39.4 Å². The van der Waals surface area contributed by atoms with E-state index in [0.29, 0.717) is 26.3 Å². The van der Waals surface area contributed by atoms with Gasteiger partial charge in [-0.05, 0) is 19.4 Å². The number of carbonyl (C=O) groups excluding carboxylic acids is 2. The van der Waals surface area contributed by atoms with E-state index in [4.69, 9.17) is 4.74 Å². The highest BCUT2D eigenvalue weighted by Crippen LogP contribution is 2.04. The first-order valence-corrected chi connectivity index (χ1v) is 6.14. The summed E-state index contributed by atoms with van der Waals surface area (Å²) in [5.41, 5.74) is 0. The van der Waals surface area contributed by atoms with Gasteiger partial charge in [0.05, 0.1) is 25.8 Å². The van der Waals surface area contributed by atoms with Crippen LogP contribution in [0.3, 0.4) is 0 Å². The number of hydrogen-bond acceptors (Lipinski definition) is 4. The van der Waals surface area contributed by atoms with Crippen molar-refractivity contribution >= 4 is 11.8 Å². The van der Waals surface area contributed by atoms with E-state index < -0.39 is 0 Å². The summed E-state index contributed by atoms with van der Waals surface area (Å²) in [5.74, 6) is -0.0937. The van der Waals surface area contributed by atoms with Crippen LogP contribution in [0.15, 0.2) is 0 Å². The molecule has 2 N–H and O–H groups in total. The van der Waals surface area contributed by atoms with Crippen molar-refractivity contribution in [3.63, 3.8) is 0 Å². The highest BCUT2D eigenvalue weighted by molar-refractivity contribution is 5.87. The van der Waals surface area contributed by atoms with E-state index in [1.54, 1.807) is 4.90 Å². The second-order valence-corrected chi connectivity index (χ2v) is 4.36. The van der Waals surface area contributed by atoms with Gasteiger partial charge in [0.15, 0.2) is 0 Å². The Morgan fingerprint density at radius 1 is 1.35 bits per heavy atom. The minimum atomic E-state index is -0.118. The Morgan fingerprint density at radius 2 is 2.12 bits per heavy atom. The quantitative estimate of drug-likeness (QED) is 0.645. The van der Waals surface area contributed by atoms with E-state index in [0.717, 1.165) is 19.4 Å². The average Bonchev–Trinajstić information content (AvgIpc) is 2.90. The zero-order valence-corrected chi connectivity index (χ0v) is 9.91. The molecule has 0 spiro atoms. The number of ether oxygens (including phenoxy) is 1. The van der Waals surface area contributed by atoms with Crippen molar-refractivity contribution in [1.29, 1.82) is 0 Å². The first kappa shape index (κ1) is 12.3. The van der Waals surface area contributed by atoms with Gasteiger partial charge in [0.2, 0.25) is 11.8 Å². The summed E-state index contributed by atoms with van der Waals surface area (Å²) >= 11 is 0. The maximum absolute atomic E-state index is 11.8. The molecule has 2 heterocycles. The van der Waals surface area contributed by atoms with E-state index in [9.17, 15) is 9.59 Å². The molecular weight excluding hydrogens is 222 g/mol. The Bertz CT molecular complexity index is 284. The highest BCUT2D eigenvalue weighted by Gasteiger charge is 2.23. The summed E-state index contributed by atoms with van der Waals surface area (Å²) < 4.78 is 5.17. The van der Waals surface area contributed by atoms with Gasteiger partial charge in [-0.25, -0.2) is 0 Å². The molecular formula is C11H19N3O3. The van der Waals surface area contributed by atoms with Crippen LogP contribution in [-0.2, 0) is 14.3 Å². The Morgan fingerprint density at radius 3 is 2.76 bits per heavy atom. The normalized spacial score (nSPS) is 24.7. The lowest BCUT2D eigenvalue weighted by atomic mass is 10.2. The van der Waals surface area contributed by atoms with E-state index >= 15 is 0 Å². The molecule has 0 aromatic rings. The third-order valence-corrected chi connectivity index (χ3v) is 3.15. The van der Waals surface area contributed by atoms with Crippen LogP contribution in [0.4, 0.5) is 0 Å². The van der Waals surface area contributed by atoms with E-state index in [2.05, 4.69) is 10.6 Å². The van der Waals surface area contributed by atoms with Crippen LogP contribution in [-0.4, -0.2) is 62.1 Å². The average molecular weight is 241 g/mol. The van der Waals surface area contributed by atoms with Gasteiger partial charge in [-0.2, -0.15) is 0 Å². The Kier molecular flexibility index (Phi) is 4.33. The van der Waals surface area contributed by atoms with Crippen LogP contribution in [0.25, 0.3) is 0 Å². The lowest BCUT2D eigenvalue weighted by Crippen LogP contribution is -2.48. The van der Waals surface area contributed by atoms with Gasteiger partial charge >= 0.3 is 0 Å². The smallest absolute Gasteiger partial charge is 0.242 e. The molecule has 6 nitrogen and oxygen atoms in total. The van der Waals surface area contributed by atoms with Crippen LogP contribution in [0.1, 0.15) is 12.8 Å². The molecule has 17 heavy (non-hydrogen) atoms. The third-order valence-electron chi connectivity index (χ3n) is 3.15. The molecule has 2 saturated heterocycles. The van der Waals surface area contributed by atoms with Crippen molar-refractivity contribution in [1.82, 2.24) is 15.5 Å². The first-order chi connectivity index (χ1) is 8.27. The number of amides is 2. The van der Waals surface area contributed by atoms with E-state index in [1.165, 1.54) is 0 Å². The molecule has 0 radical (unpaired) electrons. The van der Waals surface area contributed by atoms with Crippen molar-refractivity contribution in [3.8, 4) is 0 Å². The summed E-state index contributed by atoms with van der Waals surface area (Å²) in [6.45, 7) is 3.40. The minimum Gasteiger partial charge on any atom is -0.378 e. The van der Waals surface area contributed by atoms with Gasteiger partial charge in [-0.15, -0.1) is 0 Å². The molecule has 2 aliphatic rings. The maximum Gasteiger partial charge on any atom is 0.242 e.